The molecule has 3 aromatic rings. The molecule has 0 unspecified atom stereocenters. The van der Waals surface area contributed by atoms with Crippen LogP contribution in [0.1, 0.15) is 59.5 Å². The van der Waals surface area contributed by atoms with Gasteiger partial charge in [0.05, 0.1) is 17.9 Å². The van der Waals surface area contributed by atoms with Crippen LogP contribution in [0.25, 0.3) is 0 Å². The Balaban J connectivity index is 1.77. The molecule has 0 saturated carbocycles. The number of rotatable bonds is 8. The summed E-state index contributed by atoms with van der Waals surface area (Å²) in [6.07, 6.45) is 2.41. The van der Waals surface area contributed by atoms with Crippen LogP contribution in [0.3, 0.4) is 0 Å². The van der Waals surface area contributed by atoms with Crippen molar-refractivity contribution in [3.63, 3.8) is 0 Å². The molecule has 2 aromatic heterocycles. The van der Waals surface area contributed by atoms with Crippen molar-refractivity contribution in [3.8, 4) is 0 Å². The summed E-state index contributed by atoms with van der Waals surface area (Å²) >= 11 is 0. The molecule has 1 N–H and O–H groups in total. The van der Waals surface area contributed by atoms with Crippen molar-refractivity contribution in [1.82, 2.24) is 30.1 Å². The van der Waals surface area contributed by atoms with Gasteiger partial charge in [-0.2, -0.15) is 5.10 Å². The number of carbonyl (C=O) groups excluding carboxylic acids is 1. The molecular weight excluding hydrogens is 352 g/mol. The average Bonchev–Trinajstić information content (AvgIpc) is 3.26. The van der Waals surface area contributed by atoms with Crippen LogP contribution in [-0.2, 0) is 39.4 Å². The summed E-state index contributed by atoms with van der Waals surface area (Å²) in [5, 5.41) is 16.0. The number of nitrogens with zero attached hydrogens (tertiary/aromatic N) is 5. The van der Waals surface area contributed by atoms with Crippen molar-refractivity contribution in [1.29, 1.82) is 0 Å². The van der Waals surface area contributed by atoms with E-state index in [9.17, 15) is 4.79 Å². The van der Waals surface area contributed by atoms with Gasteiger partial charge in [-0.25, -0.2) is 4.68 Å². The Morgan fingerprint density at radius 3 is 2.39 bits per heavy atom. The smallest absolute Gasteiger partial charge is 0.274 e. The second-order valence-electron chi connectivity index (χ2n) is 6.77. The Kier molecular flexibility index (Phi) is 6.23. The minimum atomic E-state index is -0.191. The van der Waals surface area contributed by atoms with Crippen LogP contribution >= 0.6 is 0 Å². The molecule has 7 heteroatoms. The lowest BCUT2D eigenvalue weighted by atomic mass is 10.1. The molecule has 2 heterocycles. The van der Waals surface area contributed by atoms with Gasteiger partial charge in [0.15, 0.2) is 5.69 Å². The third kappa shape index (κ3) is 3.98. The van der Waals surface area contributed by atoms with Gasteiger partial charge >= 0.3 is 0 Å². The fraction of sp³-hybridized carbons (Fsp3) is 0.429. The predicted octanol–water partition coefficient (Wildman–Crippen LogP) is 2.68. The third-order valence-corrected chi connectivity index (χ3v) is 5.02. The summed E-state index contributed by atoms with van der Waals surface area (Å²) in [6, 6.07) is 10.1. The number of benzene rings is 1. The first-order chi connectivity index (χ1) is 13.6. The number of aryl methyl sites for hydroxylation is 2. The molecule has 0 aliphatic heterocycles. The van der Waals surface area contributed by atoms with Crippen LogP contribution < -0.4 is 5.32 Å². The fourth-order valence-electron chi connectivity index (χ4n) is 3.59. The van der Waals surface area contributed by atoms with Crippen LogP contribution in [0.15, 0.2) is 30.3 Å². The molecule has 0 aliphatic carbocycles. The highest BCUT2D eigenvalue weighted by Crippen LogP contribution is 2.16. The summed E-state index contributed by atoms with van der Waals surface area (Å²) in [6.45, 7) is 7.26. The van der Waals surface area contributed by atoms with Gasteiger partial charge < -0.3 is 5.32 Å². The number of nitrogens with one attached hydrogen (secondary N) is 1. The van der Waals surface area contributed by atoms with E-state index in [1.165, 1.54) is 0 Å². The molecule has 28 heavy (non-hydrogen) atoms. The first-order valence-electron chi connectivity index (χ1n) is 9.87. The SMILES string of the molecule is CCc1nn(C)c(CC)c1CNC(=O)c1nnn(Cc2ccccc2)c1CC. The molecule has 3 rings (SSSR count). The quantitative estimate of drug-likeness (QED) is 0.652. The second-order valence-corrected chi connectivity index (χ2v) is 6.77. The van der Waals surface area contributed by atoms with E-state index in [1.807, 2.05) is 53.7 Å². The summed E-state index contributed by atoms with van der Waals surface area (Å²) in [7, 11) is 1.95. The minimum absolute atomic E-state index is 0.191. The van der Waals surface area contributed by atoms with E-state index in [4.69, 9.17) is 0 Å². The maximum absolute atomic E-state index is 12.8. The molecule has 0 spiro atoms. The lowest BCUT2D eigenvalue weighted by Crippen LogP contribution is -2.25. The topological polar surface area (TPSA) is 77.6 Å². The van der Waals surface area contributed by atoms with E-state index in [2.05, 4.69) is 34.6 Å². The van der Waals surface area contributed by atoms with Crippen LogP contribution in [0.2, 0.25) is 0 Å². The largest absolute Gasteiger partial charge is 0.346 e. The first kappa shape index (κ1) is 19.8. The molecule has 1 amide bonds. The Morgan fingerprint density at radius 1 is 1.04 bits per heavy atom. The van der Waals surface area contributed by atoms with Gasteiger partial charge in [0.1, 0.15) is 0 Å². The molecule has 148 valence electrons. The van der Waals surface area contributed by atoms with Gasteiger partial charge in [-0.15, -0.1) is 5.10 Å². The number of hydrogen-bond acceptors (Lipinski definition) is 4. The number of aromatic nitrogens is 5. The Hall–Kier alpha value is -2.96. The maximum atomic E-state index is 12.8. The zero-order valence-corrected chi connectivity index (χ0v) is 17.1. The molecule has 0 saturated heterocycles. The molecule has 1 aromatic carbocycles. The fourth-order valence-corrected chi connectivity index (χ4v) is 3.59. The van der Waals surface area contributed by atoms with Crippen LogP contribution in [0, 0.1) is 0 Å². The molecule has 7 nitrogen and oxygen atoms in total. The average molecular weight is 380 g/mol. The molecule has 0 fully saturated rings. The lowest BCUT2D eigenvalue weighted by molar-refractivity contribution is 0.0944. The van der Waals surface area contributed by atoms with Crippen LogP contribution in [-0.4, -0.2) is 30.7 Å². The third-order valence-electron chi connectivity index (χ3n) is 5.02. The van der Waals surface area contributed by atoms with E-state index >= 15 is 0 Å². The van der Waals surface area contributed by atoms with E-state index in [1.54, 1.807) is 0 Å². The van der Waals surface area contributed by atoms with Gasteiger partial charge in [0.25, 0.3) is 5.91 Å². The summed E-state index contributed by atoms with van der Waals surface area (Å²) in [5.41, 5.74) is 5.67. The standard InChI is InChI=1S/C21H28N6O/c1-5-17-16(18(6-2)26(4)24-17)13-22-21(28)20-19(7-3)27(25-23-20)14-15-11-9-8-10-12-15/h8-12H,5-7,13-14H2,1-4H3,(H,22,28). The monoisotopic (exact) mass is 380 g/mol. The van der Waals surface area contributed by atoms with Gasteiger partial charge in [0.2, 0.25) is 0 Å². The van der Waals surface area contributed by atoms with Crippen molar-refractivity contribution < 1.29 is 4.79 Å². The Morgan fingerprint density at radius 2 is 1.75 bits per heavy atom. The molecule has 0 radical (unpaired) electrons. The molecular formula is C21H28N6O. The summed E-state index contributed by atoms with van der Waals surface area (Å²) in [4.78, 5) is 12.8. The highest BCUT2D eigenvalue weighted by molar-refractivity contribution is 5.93. The molecule has 0 atom stereocenters. The van der Waals surface area contributed by atoms with E-state index < -0.39 is 0 Å². The van der Waals surface area contributed by atoms with E-state index in [-0.39, 0.29) is 5.91 Å². The van der Waals surface area contributed by atoms with Gasteiger partial charge in [0, 0.05) is 24.8 Å². The van der Waals surface area contributed by atoms with Crippen molar-refractivity contribution in [2.45, 2.75) is 53.1 Å². The van der Waals surface area contributed by atoms with Gasteiger partial charge in [-0.05, 0) is 24.8 Å². The van der Waals surface area contributed by atoms with Gasteiger partial charge in [-0.3, -0.25) is 9.48 Å². The van der Waals surface area contributed by atoms with Crippen LogP contribution in [0.4, 0.5) is 0 Å². The Bertz CT molecular complexity index is 941. The van der Waals surface area contributed by atoms with Crippen molar-refractivity contribution in [2.75, 3.05) is 0 Å². The van der Waals surface area contributed by atoms with Crippen LogP contribution in [0.5, 0.6) is 0 Å². The van der Waals surface area contributed by atoms with Crippen molar-refractivity contribution in [2.24, 2.45) is 7.05 Å². The summed E-state index contributed by atoms with van der Waals surface area (Å²) < 4.78 is 3.72. The summed E-state index contributed by atoms with van der Waals surface area (Å²) in [5.74, 6) is -0.191. The van der Waals surface area contributed by atoms with Crippen molar-refractivity contribution in [3.05, 3.63) is 64.2 Å². The van der Waals surface area contributed by atoms with Gasteiger partial charge in [-0.1, -0.05) is 56.3 Å². The highest BCUT2D eigenvalue weighted by atomic mass is 16.2. The zero-order chi connectivity index (χ0) is 20.1. The maximum Gasteiger partial charge on any atom is 0.274 e. The second kappa shape index (κ2) is 8.82. The number of amides is 1. The predicted molar refractivity (Wildman–Crippen MR) is 108 cm³/mol. The normalized spacial score (nSPS) is 11.0. The zero-order valence-electron chi connectivity index (χ0n) is 17.1. The Labute approximate surface area is 165 Å². The molecule has 0 bridgehead atoms. The minimum Gasteiger partial charge on any atom is -0.346 e. The first-order valence-corrected chi connectivity index (χ1v) is 9.87. The van der Waals surface area contributed by atoms with E-state index in [0.717, 1.165) is 41.1 Å². The lowest BCUT2D eigenvalue weighted by Gasteiger charge is -2.08. The van der Waals surface area contributed by atoms with Crippen molar-refractivity contribution >= 4 is 5.91 Å². The number of hydrogen-bond donors (Lipinski definition) is 1. The number of carbonyl (C=O) groups is 1. The van der Waals surface area contributed by atoms with E-state index in [0.29, 0.717) is 25.2 Å². The highest BCUT2D eigenvalue weighted by Gasteiger charge is 2.20. The molecule has 0 aliphatic rings.